The summed E-state index contributed by atoms with van der Waals surface area (Å²) in [5.74, 6) is 0.885. The van der Waals surface area contributed by atoms with E-state index in [2.05, 4.69) is 37.3 Å². The Bertz CT molecular complexity index is 675. The van der Waals surface area contributed by atoms with Crippen LogP contribution in [0.5, 0.6) is 5.75 Å². The topological polar surface area (TPSA) is 29.5 Å². The summed E-state index contributed by atoms with van der Waals surface area (Å²) >= 11 is 0. The van der Waals surface area contributed by atoms with Crippen LogP contribution in [-0.2, 0) is 18.4 Å². The molecule has 0 aromatic heterocycles. The van der Waals surface area contributed by atoms with Crippen molar-refractivity contribution in [1.29, 1.82) is 0 Å². The van der Waals surface area contributed by atoms with Crippen molar-refractivity contribution in [2.45, 2.75) is 38.7 Å². The lowest BCUT2D eigenvalue weighted by Crippen LogP contribution is -2.34. The van der Waals surface area contributed by atoms with Gasteiger partial charge >= 0.3 is 0 Å². The fourth-order valence-electron chi connectivity index (χ4n) is 3.46. The van der Waals surface area contributed by atoms with E-state index in [4.69, 9.17) is 4.74 Å². The number of methoxy groups -OCH3 is 1. The molecule has 0 amide bonds. The number of aryl methyl sites for hydroxylation is 3. The molecule has 0 spiro atoms. The van der Waals surface area contributed by atoms with Crippen LogP contribution in [0.1, 0.15) is 34.2 Å². The van der Waals surface area contributed by atoms with Gasteiger partial charge in [-0.3, -0.25) is 0 Å². The lowest BCUT2D eigenvalue weighted by molar-refractivity contribution is 0.0216. The predicted octanol–water partition coefficient (Wildman–Crippen LogP) is 3.69. The summed E-state index contributed by atoms with van der Waals surface area (Å²) in [6.07, 6.45) is 2.39. The van der Waals surface area contributed by atoms with Crippen LogP contribution in [0.2, 0.25) is 0 Å². The van der Waals surface area contributed by atoms with E-state index in [1.807, 2.05) is 13.0 Å². The molecule has 1 unspecified atom stereocenters. The van der Waals surface area contributed by atoms with Crippen molar-refractivity contribution < 1.29 is 9.84 Å². The van der Waals surface area contributed by atoms with Crippen molar-refractivity contribution in [3.05, 3.63) is 64.2 Å². The zero-order valence-corrected chi connectivity index (χ0v) is 12.9. The molecule has 2 aromatic rings. The van der Waals surface area contributed by atoms with Crippen LogP contribution in [-0.4, -0.2) is 12.2 Å². The first-order chi connectivity index (χ1) is 10.0. The molecule has 0 heterocycles. The second-order valence-electron chi connectivity index (χ2n) is 6.11. The summed E-state index contributed by atoms with van der Waals surface area (Å²) in [5.41, 5.74) is 5.07. The molecular weight excluding hydrogens is 260 g/mol. The van der Waals surface area contributed by atoms with Crippen LogP contribution < -0.4 is 4.74 Å². The summed E-state index contributed by atoms with van der Waals surface area (Å²) in [4.78, 5) is 0. The summed E-state index contributed by atoms with van der Waals surface area (Å²) in [6, 6.07) is 12.5. The van der Waals surface area contributed by atoms with Gasteiger partial charge in [-0.1, -0.05) is 24.3 Å². The second kappa shape index (κ2) is 5.19. The number of ether oxygens (including phenoxy) is 1. The minimum absolute atomic E-state index is 0.690. The molecular formula is C19H22O2. The van der Waals surface area contributed by atoms with Crippen molar-refractivity contribution in [2.24, 2.45) is 0 Å². The van der Waals surface area contributed by atoms with Gasteiger partial charge < -0.3 is 9.84 Å². The number of rotatable bonds is 2. The van der Waals surface area contributed by atoms with Crippen LogP contribution in [0.25, 0.3) is 0 Å². The molecule has 0 aliphatic heterocycles. The van der Waals surface area contributed by atoms with E-state index in [0.29, 0.717) is 6.42 Å². The minimum Gasteiger partial charge on any atom is -0.496 e. The van der Waals surface area contributed by atoms with Gasteiger partial charge in [0.1, 0.15) is 5.75 Å². The lowest BCUT2D eigenvalue weighted by atomic mass is 9.75. The molecule has 21 heavy (non-hydrogen) atoms. The van der Waals surface area contributed by atoms with Crippen LogP contribution in [0.4, 0.5) is 0 Å². The van der Waals surface area contributed by atoms with Gasteiger partial charge in [0.2, 0.25) is 0 Å². The maximum atomic E-state index is 11.2. The van der Waals surface area contributed by atoms with Gasteiger partial charge in [0.15, 0.2) is 0 Å². The number of aliphatic hydroxyl groups is 1. The number of hydrogen-bond acceptors (Lipinski definition) is 2. The first-order valence-corrected chi connectivity index (χ1v) is 7.48. The van der Waals surface area contributed by atoms with E-state index in [0.717, 1.165) is 35.3 Å². The van der Waals surface area contributed by atoms with E-state index in [9.17, 15) is 5.11 Å². The molecule has 1 aliphatic carbocycles. The van der Waals surface area contributed by atoms with Gasteiger partial charge in [-0.2, -0.15) is 0 Å². The van der Waals surface area contributed by atoms with Gasteiger partial charge in [0, 0.05) is 6.42 Å². The highest BCUT2D eigenvalue weighted by Gasteiger charge is 2.35. The summed E-state index contributed by atoms with van der Waals surface area (Å²) in [6.45, 7) is 4.08. The van der Waals surface area contributed by atoms with Crippen LogP contribution in [0.15, 0.2) is 36.4 Å². The maximum Gasteiger partial charge on any atom is 0.122 e. The third-order valence-electron chi connectivity index (χ3n) is 4.65. The van der Waals surface area contributed by atoms with E-state index in [1.165, 1.54) is 11.1 Å². The van der Waals surface area contributed by atoms with Crippen LogP contribution >= 0.6 is 0 Å². The first kappa shape index (κ1) is 14.2. The Hall–Kier alpha value is -1.80. The van der Waals surface area contributed by atoms with Crippen molar-refractivity contribution in [1.82, 2.24) is 0 Å². The summed E-state index contributed by atoms with van der Waals surface area (Å²) < 4.78 is 5.38. The minimum atomic E-state index is -0.768. The monoisotopic (exact) mass is 282 g/mol. The van der Waals surface area contributed by atoms with E-state index >= 15 is 0 Å². The van der Waals surface area contributed by atoms with Crippen molar-refractivity contribution in [3.63, 3.8) is 0 Å². The van der Waals surface area contributed by atoms with Gasteiger partial charge in [-0.15, -0.1) is 0 Å². The van der Waals surface area contributed by atoms with Crippen molar-refractivity contribution >= 4 is 0 Å². The zero-order chi connectivity index (χ0) is 15.0. The van der Waals surface area contributed by atoms with E-state index in [-0.39, 0.29) is 0 Å². The molecule has 2 heteroatoms. The summed E-state index contributed by atoms with van der Waals surface area (Å²) in [5, 5.41) is 11.2. The molecule has 1 N–H and O–H groups in total. The van der Waals surface area contributed by atoms with Crippen molar-refractivity contribution in [3.8, 4) is 5.75 Å². The third-order valence-corrected chi connectivity index (χ3v) is 4.65. The highest BCUT2D eigenvalue weighted by atomic mass is 16.5. The Kier molecular flexibility index (Phi) is 3.50. The standard InChI is InChI=1S/C19H22O2/c1-13-11-18(21-3)14(2)10-17(13)19(20)9-8-15-6-4-5-7-16(15)12-19/h4-7,10-11,20H,8-9,12H2,1-3H3. The molecule has 2 nitrogen and oxygen atoms in total. The molecule has 3 rings (SSSR count). The molecule has 0 radical (unpaired) electrons. The average molecular weight is 282 g/mol. The molecule has 0 saturated heterocycles. The van der Waals surface area contributed by atoms with Gasteiger partial charge in [-0.05, 0) is 66.6 Å². The smallest absolute Gasteiger partial charge is 0.122 e. The molecule has 110 valence electrons. The van der Waals surface area contributed by atoms with Crippen LogP contribution in [0, 0.1) is 13.8 Å². The summed E-state index contributed by atoms with van der Waals surface area (Å²) in [7, 11) is 1.69. The molecule has 1 atom stereocenters. The predicted molar refractivity (Wildman–Crippen MR) is 84.8 cm³/mol. The number of fused-ring (bicyclic) bond motifs is 1. The highest BCUT2D eigenvalue weighted by molar-refractivity contribution is 5.46. The molecule has 0 fully saturated rings. The van der Waals surface area contributed by atoms with Gasteiger partial charge in [0.05, 0.1) is 12.7 Å². The number of hydrogen-bond donors (Lipinski definition) is 1. The normalized spacial score (nSPS) is 21.0. The third kappa shape index (κ3) is 2.44. The SMILES string of the molecule is COc1cc(C)c(C2(O)CCc3ccccc3C2)cc1C. The fourth-order valence-corrected chi connectivity index (χ4v) is 3.46. The second-order valence-corrected chi connectivity index (χ2v) is 6.11. The Morgan fingerprint density at radius 2 is 1.76 bits per heavy atom. The molecule has 0 saturated carbocycles. The van der Waals surface area contributed by atoms with Gasteiger partial charge in [0.25, 0.3) is 0 Å². The maximum absolute atomic E-state index is 11.2. The van der Waals surface area contributed by atoms with Gasteiger partial charge in [-0.25, -0.2) is 0 Å². The quantitative estimate of drug-likeness (QED) is 0.910. The van der Waals surface area contributed by atoms with Crippen molar-refractivity contribution in [2.75, 3.05) is 7.11 Å². The Morgan fingerprint density at radius 1 is 1.05 bits per heavy atom. The average Bonchev–Trinajstić information content (AvgIpc) is 2.49. The van der Waals surface area contributed by atoms with Crippen LogP contribution in [0.3, 0.4) is 0 Å². The Labute approximate surface area is 126 Å². The molecule has 0 bridgehead atoms. The lowest BCUT2D eigenvalue weighted by Gasteiger charge is -2.35. The largest absolute Gasteiger partial charge is 0.496 e. The number of benzene rings is 2. The fraction of sp³-hybridized carbons (Fsp3) is 0.368. The Balaban J connectivity index is 2.03. The zero-order valence-electron chi connectivity index (χ0n) is 12.9. The highest BCUT2D eigenvalue weighted by Crippen LogP contribution is 2.39. The first-order valence-electron chi connectivity index (χ1n) is 7.48. The Morgan fingerprint density at radius 3 is 2.48 bits per heavy atom. The van der Waals surface area contributed by atoms with E-state index in [1.54, 1.807) is 7.11 Å². The molecule has 1 aliphatic rings. The van der Waals surface area contributed by atoms with E-state index < -0.39 is 5.60 Å². The molecule has 2 aromatic carbocycles.